The lowest BCUT2D eigenvalue weighted by molar-refractivity contribution is -0.161. The number of hydrogen-bond donors (Lipinski definition) is 1. The maximum atomic E-state index is 15.1. The molecule has 3 fully saturated rings. The summed E-state index contributed by atoms with van der Waals surface area (Å²) >= 11 is 0. The predicted molar refractivity (Wildman–Crippen MR) is 160 cm³/mol. The Balaban J connectivity index is 1.81. The van der Waals surface area contributed by atoms with E-state index in [9.17, 15) is 9.90 Å². The van der Waals surface area contributed by atoms with Crippen molar-refractivity contribution in [1.82, 2.24) is 0 Å². The first-order valence-electron chi connectivity index (χ1n) is 14.8. The molecule has 1 N–H and O–H groups in total. The molecule has 0 radical (unpaired) electrons. The van der Waals surface area contributed by atoms with Gasteiger partial charge >= 0.3 is 0 Å². The Morgan fingerprint density at radius 2 is 1.70 bits per heavy atom. The third kappa shape index (κ3) is 4.95. The van der Waals surface area contributed by atoms with E-state index in [1.165, 1.54) is 0 Å². The summed E-state index contributed by atoms with van der Waals surface area (Å²) in [5, 5.41) is 11.9. The van der Waals surface area contributed by atoms with Gasteiger partial charge in [0.05, 0.1) is 25.2 Å². The van der Waals surface area contributed by atoms with Crippen LogP contribution in [0.4, 0.5) is 0 Å². The highest BCUT2D eigenvalue weighted by molar-refractivity contribution is 6.74. The fourth-order valence-electron chi connectivity index (χ4n) is 7.17. The molecule has 0 aromatic heterocycles. The minimum Gasteiger partial charge on any atom is -0.497 e. The molecule has 222 valence electrons. The first-order chi connectivity index (χ1) is 18.4. The highest BCUT2D eigenvalue weighted by Crippen LogP contribution is 2.59. The van der Waals surface area contributed by atoms with E-state index < -0.39 is 36.8 Å². The van der Waals surface area contributed by atoms with E-state index in [1.54, 1.807) is 7.11 Å². The number of methoxy groups -OCH3 is 1. The molecule has 3 aliphatic rings. The smallest absolute Gasteiger partial charge is 0.192 e. The molecule has 0 aliphatic heterocycles. The van der Waals surface area contributed by atoms with Gasteiger partial charge in [0.25, 0.3) is 0 Å². The third-order valence-electron chi connectivity index (χ3n) is 11.3. The van der Waals surface area contributed by atoms with E-state index in [0.717, 1.165) is 16.9 Å². The Hall–Kier alpha value is -1.80. The van der Waals surface area contributed by atoms with Crippen molar-refractivity contribution in [1.29, 1.82) is 0 Å². The second kappa shape index (κ2) is 10.5. The van der Waals surface area contributed by atoms with Gasteiger partial charge in [-0.05, 0) is 68.4 Å². The van der Waals surface area contributed by atoms with E-state index >= 15 is 4.79 Å². The summed E-state index contributed by atoms with van der Waals surface area (Å²) in [6.07, 6.45) is 1.20. The van der Waals surface area contributed by atoms with Gasteiger partial charge in [-0.3, -0.25) is 9.59 Å². The topological polar surface area (TPSA) is 82.1 Å². The zero-order chi connectivity index (χ0) is 29.9. The Morgan fingerprint density at radius 3 is 2.27 bits per heavy atom. The number of ketones is 2. The van der Waals surface area contributed by atoms with Crippen LogP contribution in [-0.2, 0) is 25.4 Å². The molecule has 0 saturated heterocycles. The molecule has 2 bridgehead atoms. The number of aliphatic hydroxyl groups is 1. The minimum atomic E-state index is -2.26. The summed E-state index contributed by atoms with van der Waals surface area (Å²) in [5.74, 6) is -0.181. The van der Waals surface area contributed by atoms with E-state index in [2.05, 4.69) is 40.4 Å². The molecular formula is C33H50O6Si. The summed E-state index contributed by atoms with van der Waals surface area (Å²) in [7, 11) is -0.628. The second-order valence-corrected chi connectivity index (χ2v) is 19.5. The summed E-state index contributed by atoms with van der Waals surface area (Å²) in [5.41, 5.74) is -1.52. The molecule has 7 heteroatoms. The molecule has 3 saturated carbocycles. The number of rotatable bonds is 6. The SMILES string of the molecule is C=C1CC[C@H](O[Si](C)(C)C(C)(C)C)[C@@]2(C)C(=O)[C@H](OCc3ccc(OC)cc3)[C@H]3CC[C@@](O)(C(=O)C[C@H]12)C3(C)C. The molecular weight excluding hydrogens is 520 g/mol. The van der Waals surface area contributed by atoms with Gasteiger partial charge in [0.2, 0.25) is 0 Å². The van der Waals surface area contributed by atoms with Gasteiger partial charge < -0.3 is 19.0 Å². The number of carbonyl (C=O) groups excluding carboxylic acids is 2. The van der Waals surface area contributed by atoms with Gasteiger partial charge in [-0.15, -0.1) is 0 Å². The maximum absolute atomic E-state index is 15.1. The predicted octanol–water partition coefficient (Wildman–Crippen LogP) is 6.65. The van der Waals surface area contributed by atoms with Crippen LogP contribution in [0.1, 0.15) is 79.2 Å². The van der Waals surface area contributed by atoms with Crippen LogP contribution in [0, 0.1) is 22.7 Å². The fourth-order valence-corrected chi connectivity index (χ4v) is 8.59. The molecule has 1 aromatic carbocycles. The van der Waals surface area contributed by atoms with Gasteiger partial charge in [0.15, 0.2) is 19.9 Å². The van der Waals surface area contributed by atoms with Crippen LogP contribution < -0.4 is 4.74 Å². The van der Waals surface area contributed by atoms with Gasteiger partial charge in [-0.2, -0.15) is 0 Å². The number of ether oxygens (including phenoxy) is 2. The zero-order valence-corrected chi connectivity index (χ0v) is 27.1. The van der Waals surface area contributed by atoms with Crippen molar-refractivity contribution in [3.05, 3.63) is 42.0 Å². The number of benzene rings is 1. The number of carbonyl (C=O) groups is 2. The molecule has 3 aliphatic carbocycles. The van der Waals surface area contributed by atoms with Crippen molar-refractivity contribution in [3.8, 4) is 5.75 Å². The van der Waals surface area contributed by atoms with Crippen LogP contribution in [0.25, 0.3) is 0 Å². The normalized spacial score (nSPS) is 34.6. The highest BCUT2D eigenvalue weighted by Gasteiger charge is 2.66. The standard InChI is InChI=1S/C33H50O6Si/c1-21-11-16-27(39-40(9,10)30(2,3)4)32(7)25(21)19-26(34)33(36)18-17-24(31(33,5)6)28(29(32)35)38-20-22-12-14-23(37-8)15-13-22/h12-15,24-25,27-28,36H,1,11,16-20H2,2-10H3/t24-,25-,27+,28-,32+,33-/m1/s1. The molecule has 6 nitrogen and oxygen atoms in total. The van der Waals surface area contributed by atoms with Gasteiger partial charge in [0.1, 0.15) is 17.5 Å². The van der Waals surface area contributed by atoms with E-state index in [4.69, 9.17) is 13.9 Å². The van der Waals surface area contributed by atoms with E-state index in [0.29, 0.717) is 25.7 Å². The van der Waals surface area contributed by atoms with Crippen LogP contribution >= 0.6 is 0 Å². The lowest BCUT2D eigenvalue weighted by Crippen LogP contribution is -2.59. The lowest BCUT2D eigenvalue weighted by atomic mass is 9.58. The monoisotopic (exact) mass is 570 g/mol. The Bertz CT molecular complexity index is 1150. The van der Waals surface area contributed by atoms with Crippen molar-refractivity contribution in [2.45, 2.75) is 116 Å². The Labute approximate surface area is 242 Å². The van der Waals surface area contributed by atoms with Crippen molar-refractivity contribution in [3.63, 3.8) is 0 Å². The fraction of sp³-hybridized carbons (Fsp3) is 0.697. The Kier molecular flexibility index (Phi) is 8.16. The first kappa shape index (κ1) is 31.1. The largest absolute Gasteiger partial charge is 0.497 e. The van der Waals surface area contributed by atoms with Gasteiger partial charge in [-0.25, -0.2) is 0 Å². The Morgan fingerprint density at radius 1 is 1.07 bits per heavy atom. The highest BCUT2D eigenvalue weighted by atomic mass is 28.4. The molecule has 1 aromatic rings. The first-order valence-corrected chi connectivity index (χ1v) is 17.7. The molecule has 0 heterocycles. The molecule has 4 rings (SSSR count). The van der Waals surface area contributed by atoms with Crippen molar-refractivity contribution in [2.75, 3.05) is 7.11 Å². The lowest BCUT2D eigenvalue weighted by Gasteiger charge is -2.52. The summed E-state index contributed by atoms with van der Waals surface area (Å²) in [6.45, 7) is 21.5. The average Bonchev–Trinajstić information content (AvgIpc) is 3.12. The van der Waals surface area contributed by atoms with Crippen LogP contribution in [0.15, 0.2) is 36.4 Å². The summed E-state index contributed by atoms with van der Waals surface area (Å²) < 4.78 is 18.9. The summed E-state index contributed by atoms with van der Waals surface area (Å²) in [4.78, 5) is 29.0. The van der Waals surface area contributed by atoms with E-state index in [-0.39, 0.29) is 41.7 Å². The number of hydrogen-bond acceptors (Lipinski definition) is 6. The van der Waals surface area contributed by atoms with Crippen molar-refractivity contribution < 1.29 is 28.6 Å². The maximum Gasteiger partial charge on any atom is 0.192 e. The third-order valence-corrected chi connectivity index (χ3v) is 15.7. The number of allylic oxidation sites excluding steroid dienone is 1. The molecule has 40 heavy (non-hydrogen) atoms. The van der Waals surface area contributed by atoms with Gasteiger partial charge in [-0.1, -0.05) is 58.9 Å². The number of fused-ring (bicyclic) bond motifs is 3. The summed E-state index contributed by atoms with van der Waals surface area (Å²) in [6, 6.07) is 7.64. The van der Waals surface area contributed by atoms with Crippen LogP contribution in [0.5, 0.6) is 5.75 Å². The van der Waals surface area contributed by atoms with Crippen molar-refractivity contribution >= 4 is 19.9 Å². The molecule has 6 atom stereocenters. The second-order valence-electron chi connectivity index (χ2n) is 14.7. The molecule has 0 amide bonds. The molecule has 0 unspecified atom stereocenters. The minimum absolute atomic E-state index is 0.0207. The number of Topliss-reactive ketones (excluding diaryl/α,β-unsaturated/α-hetero) is 2. The van der Waals surface area contributed by atoms with Crippen LogP contribution in [-0.4, -0.2) is 49.9 Å². The van der Waals surface area contributed by atoms with Gasteiger partial charge in [0, 0.05) is 23.7 Å². The quantitative estimate of drug-likeness (QED) is 0.305. The zero-order valence-electron chi connectivity index (χ0n) is 26.1. The molecule has 0 spiro atoms. The van der Waals surface area contributed by atoms with E-state index in [1.807, 2.05) is 45.0 Å². The van der Waals surface area contributed by atoms with Crippen molar-refractivity contribution in [2.24, 2.45) is 22.7 Å². The van der Waals surface area contributed by atoms with Crippen LogP contribution in [0.2, 0.25) is 18.1 Å². The van der Waals surface area contributed by atoms with Crippen LogP contribution in [0.3, 0.4) is 0 Å². The average molecular weight is 571 g/mol.